The first-order chi connectivity index (χ1) is 12.3. The van der Waals surface area contributed by atoms with Gasteiger partial charge in [0.25, 0.3) is 0 Å². The van der Waals surface area contributed by atoms with E-state index in [-0.39, 0.29) is 17.9 Å². The first-order valence-corrected chi connectivity index (χ1v) is 10.3. The van der Waals surface area contributed by atoms with E-state index in [4.69, 9.17) is 11.6 Å². The van der Waals surface area contributed by atoms with Crippen LogP contribution in [0.1, 0.15) is 48.8 Å². The lowest BCUT2D eigenvalue weighted by Gasteiger charge is -2.23. The predicted octanol–water partition coefficient (Wildman–Crippen LogP) is 4.91. The molecule has 0 unspecified atom stereocenters. The highest BCUT2D eigenvalue weighted by Gasteiger charge is 2.19. The van der Waals surface area contributed by atoms with Gasteiger partial charge in [-0.1, -0.05) is 49.3 Å². The van der Waals surface area contributed by atoms with E-state index in [1.54, 1.807) is 0 Å². The van der Waals surface area contributed by atoms with E-state index in [1.165, 1.54) is 11.8 Å². The van der Waals surface area contributed by atoms with Crippen LogP contribution in [0.5, 0.6) is 0 Å². The Balaban J connectivity index is 2.04. The van der Waals surface area contributed by atoms with Gasteiger partial charge < -0.3 is 5.32 Å². The minimum absolute atomic E-state index is 0.0305. The zero-order chi connectivity index (χ0) is 19.3. The average Bonchev–Trinajstić information content (AvgIpc) is 2.59. The molecule has 1 atom stereocenters. The number of aromatic nitrogens is 2. The Morgan fingerprint density at radius 1 is 1.15 bits per heavy atom. The van der Waals surface area contributed by atoms with Gasteiger partial charge in [-0.25, -0.2) is 9.97 Å². The molecular formula is C20H26ClN3OS. The molecule has 4 nitrogen and oxygen atoms in total. The van der Waals surface area contributed by atoms with Crippen LogP contribution in [-0.4, -0.2) is 22.1 Å². The van der Waals surface area contributed by atoms with Crippen molar-refractivity contribution in [3.63, 3.8) is 0 Å². The molecule has 0 spiro atoms. The summed E-state index contributed by atoms with van der Waals surface area (Å²) in [5.74, 6) is 0.319. The van der Waals surface area contributed by atoms with Crippen LogP contribution < -0.4 is 5.32 Å². The van der Waals surface area contributed by atoms with E-state index in [2.05, 4.69) is 29.1 Å². The van der Waals surface area contributed by atoms with E-state index in [1.807, 2.05) is 44.4 Å². The van der Waals surface area contributed by atoms with Crippen LogP contribution >= 0.6 is 23.4 Å². The molecule has 1 amide bonds. The number of amides is 1. The van der Waals surface area contributed by atoms with E-state index in [0.29, 0.717) is 17.9 Å². The lowest BCUT2D eigenvalue weighted by molar-refractivity contribution is -0.122. The van der Waals surface area contributed by atoms with Gasteiger partial charge in [0.05, 0.1) is 6.04 Å². The number of carbonyl (C=O) groups is 1. The smallest absolute Gasteiger partial charge is 0.220 e. The molecule has 1 N–H and O–H groups in total. The summed E-state index contributed by atoms with van der Waals surface area (Å²) in [6.07, 6.45) is 3.02. The molecular weight excluding hydrogens is 366 g/mol. The van der Waals surface area contributed by atoms with Crippen molar-refractivity contribution in [2.45, 2.75) is 51.7 Å². The summed E-state index contributed by atoms with van der Waals surface area (Å²) in [6, 6.07) is 7.62. The van der Waals surface area contributed by atoms with Gasteiger partial charge in [0.1, 0.15) is 0 Å². The first kappa shape index (κ1) is 20.7. The number of thioether (sulfide) groups is 1. The monoisotopic (exact) mass is 391 g/mol. The van der Waals surface area contributed by atoms with Crippen LogP contribution in [0.3, 0.4) is 0 Å². The number of hydrogen-bond donors (Lipinski definition) is 1. The molecule has 0 bridgehead atoms. The number of halogens is 1. The normalized spacial score (nSPS) is 12.3. The largest absolute Gasteiger partial charge is 0.349 e. The van der Waals surface area contributed by atoms with Gasteiger partial charge in [-0.15, -0.1) is 0 Å². The highest BCUT2D eigenvalue weighted by molar-refractivity contribution is 7.98. The molecule has 140 valence electrons. The molecule has 6 heteroatoms. The topological polar surface area (TPSA) is 54.9 Å². The van der Waals surface area contributed by atoms with E-state index < -0.39 is 0 Å². The third-order valence-corrected chi connectivity index (χ3v) is 5.20. The molecule has 26 heavy (non-hydrogen) atoms. The lowest BCUT2D eigenvalue weighted by atomic mass is 9.95. The number of nitrogens with zero attached hydrogens (tertiary/aromatic N) is 2. The molecule has 0 aliphatic heterocycles. The molecule has 0 saturated heterocycles. The van der Waals surface area contributed by atoms with Crippen LogP contribution in [-0.2, 0) is 11.2 Å². The number of rotatable bonds is 7. The van der Waals surface area contributed by atoms with Crippen molar-refractivity contribution in [2.24, 2.45) is 5.92 Å². The summed E-state index contributed by atoms with van der Waals surface area (Å²) in [5.41, 5.74) is 4.03. The fraction of sp³-hybridized carbons (Fsp3) is 0.450. The Morgan fingerprint density at radius 3 is 2.23 bits per heavy atom. The second kappa shape index (κ2) is 9.38. The summed E-state index contributed by atoms with van der Waals surface area (Å²) in [4.78, 5) is 21.5. The molecule has 2 rings (SSSR count). The summed E-state index contributed by atoms with van der Waals surface area (Å²) in [7, 11) is 0. The highest BCUT2D eigenvalue weighted by Crippen LogP contribution is 2.24. The molecule has 0 aliphatic rings. The van der Waals surface area contributed by atoms with Gasteiger partial charge in [0.15, 0.2) is 5.16 Å². The molecule has 0 saturated carbocycles. The molecule has 0 aliphatic carbocycles. The zero-order valence-electron chi connectivity index (χ0n) is 16.0. The molecule has 0 fully saturated rings. The van der Waals surface area contributed by atoms with Crippen molar-refractivity contribution in [1.29, 1.82) is 0 Å². The van der Waals surface area contributed by atoms with Crippen molar-refractivity contribution in [3.8, 4) is 0 Å². The van der Waals surface area contributed by atoms with Crippen LogP contribution in [0.2, 0.25) is 5.02 Å². The van der Waals surface area contributed by atoms with Crippen molar-refractivity contribution in [2.75, 3.05) is 6.26 Å². The third kappa shape index (κ3) is 5.45. The maximum absolute atomic E-state index is 12.5. The number of benzene rings is 1. The Kier molecular flexibility index (Phi) is 7.47. The van der Waals surface area contributed by atoms with Crippen molar-refractivity contribution < 1.29 is 4.79 Å². The standard InChI is InChI=1S/C20H26ClN3OS/c1-12(2)19(15-6-8-16(21)9-7-15)24-18(25)11-10-17-13(3)22-20(26-5)23-14(17)4/h6-9,12,19H,10-11H2,1-5H3,(H,24,25)/t19-/m0/s1. The van der Waals surface area contributed by atoms with Crippen LogP contribution in [0, 0.1) is 19.8 Å². The van der Waals surface area contributed by atoms with E-state index in [0.717, 1.165) is 27.7 Å². The van der Waals surface area contributed by atoms with E-state index >= 15 is 0 Å². The molecule has 1 heterocycles. The van der Waals surface area contributed by atoms with Crippen molar-refractivity contribution in [1.82, 2.24) is 15.3 Å². The Hall–Kier alpha value is -1.59. The van der Waals surface area contributed by atoms with Gasteiger partial charge in [-0.05, 0) is 55.7 Å². The van der Waals surface area contributed by atoms with Gasteiger partial charge >= 0.3 is 0 Å². The van der Waals surface area contributed by atoms with Crippen LogP contribution in [0.4, 0.5) is 0 Å². The Bertz CT molecular complexity index is 739. The molecule has 1 aromatic heterocycles. The van der Waals surface area contributed by atoms with Crippen LogP contribution in [0.25, 0.3) is 0 Å². The highest BCUT2D eigenvalue weighted by atomic mass is 35.5. The summed E-state index contributed by atoms with van der Waals surface area (Å²) in [6.45, 7) is 8.16. The number of carbonyl (C=O) groups excluding carboxylic acids is 1. The SMILES string of the molecule is CSc1nc(C)c(CCC(=O)N[C@H](c2ccc(Cl)cc2)C(C)C)c(C)n1. The van der Waals surface area contributed by atoms with Gasteiger partial charge in [-0.2, -0.15) is 0 Å². The van der Waals surface area contributed by atoms with Gasteiger partial charge in [0.2, 0.25) is 5.91 Å². The fourth-order valence-corrected chi connectivity index (χ4v) is 3.53. The quantitative estimate of drug-likeness (QED) is 0.537. The average molecular weight is 392 g/mol. The third-order valence-electron chi connectivity index (χ3n) is 4.40. The lowest BCUT2D eigenvalue weighted by Crippen LogP contribution is -2.32. The number of nitrogens with one attached hydrogen (secondary N) is 1. The second-order valence-corrected chi connectivity index (χ2v) is 7.91. The van der Waals surface area contributed by atoms with Gasteiger partial charge in [0, 0.05) is 22.8 Å². The van der Waals surface area contributed by atoms with Gasteiger partial charge in [-0.3, -0.25) is 4.79 Å². The Labute approximate surface area is 165 Å². The maximum atomic E-state index is 12.5. The fourth-order valence-electron chi connectivity index (χ4n) is 2.95. The minimum atomic E-state index is -0.0305. The summed E-state index contributed by atoms with van der Waals surface area (Å²) in [5, 5.41) is 4.63. The van der Waals surface area contributed by atoms with Crippen molar-refractivity contribution in [3.05, 3.63) is 51.8 Å². The minimum Gasteiger partial charge on any atom is -0.349 e. The maximum Gasteiger partial charge on any atom is 0.220 e. The molecule has 0 radical (unpaired) electrons. The molecule has 1 aromatic carbocycles. The predicted molar refractivity (Wildman–Crippen MR) is 109 cm³/mol. The number of hydrogen-bond acceptors (Lipinski definition) is 4. The van der Waals surface area contributed by atoms with Crippen molar-refractivity contribution >= 4 is 29.3 Å². The number of aryl methyl sites for hydroxylation is 2. The zero-order valence-corrected chi connectivity index (χ0v) is 17.5. The van der Waals surface area contributed by atoms with Crippen LogP contribution in [0.15, 0.2) is 29.4 Å². The summed E-state index contributed by atoms with van der Waals surface area (Å²) >= 11 is 7.50. The second-order valence-electron chi connectivity index (χ2n) is 6.70. The molecule has 2 aromatic rings. The Morgan fingerprint density at radius 2 is 1.73 bits per heavy atom. The van der Waals surface area contributed by atoms with E-state index in [9.17, 15) is 4.79 Å². The summed E-state index contributed by atoms with van der Waals surface area (Å²) < 4.78 is 0. The first-order valence-electron chi connectivity index (χ1n) is 8.74.